The molecule has 1 aromatic heterocycles. The van der Waals surface area contributed by atoms with Gasteiger partial charge in [0.15, 0.2) is 0 Å². The molecule has 0 radical (unpaired) electrons. The van der Waals surface area contributed by atoms with Crippen molar-refractivity contribution < 1.29 is 13.6 Å². The third kappa shape index (κ3) is 2.94. The standard InChI is InChI=1S/C15H10FN3O2/c16-11-6-4-5-10(9-11)13(20)14-18-19-15(21-14)17-12-7-2-1-3-8-12/h1-9H,(H,17,19). The van der Waals surface area contributed by atoms with Crippen LogP contribution in [-0.2, 0) is 0 Å². The van der Waals surface area contributed by atoms with Crippen LogP contribution in [0, 0.1) is 5.82 Å². The van der Waals surface area contributed by atoms with Gasteiger partial charge in [-0.2, -0.15) is 0 Å². The maximum Gasteiger partial charge on any atom is 0.320 e. The first-order valence-electron chi connectivity index (χ1n) is 6.18. The zero-order chi connectivity index (χ0) is 14.7. The third-order valence-electron chi connectivity index (χ3n) is 2.73. The molecule has 0 spiro atoms. The number of anilines is 2. The summed E-state index contributed by atoms with van der Waals surface area (Å²) in [5, 5.41) is 10.3. The van der Waals surface area contributed by atoms with Crippen molar-refractivity contribution >= 4 is 17.5 Å². The predicted octanol–water partition coefficient (Wildman–Crippen LogP) is 3.18. The molecule has 6 heteroatoms. The van der Waals surface area contributed by atoms with Crippen LogP contribution in [0.2, 0.25) is 0 Å². The highest BCUT2D eigenvalue weighted by Crippen LogP contribution is 2.16. The zero-order valence-electron chi connectivity index (χ0n) is 10.8. The number of rotatable bonds is 4. The number of hydrogen-bond acceptors (Lipinski definition) is 5. The lowest BCUT2D eigenvalue weighted by Gasteiger charge is -1.99. The summed E-state index contributed by atoms with van der Waals surface area (Å²) in [4.78, 5) is 12.1. The molecular formula is C15H10FN3O2. The van der Waals surface area contributed by atoms with Crippen molar-refractivity contribution in [3.05, 3.63) is 71.9 Å². The van der Waals surface area contributed by atoms with Gasteiger partial charge < -0.3 is 9.73 Å². The number of nitrogens with one attached hydrogen (secondary N) is 1. The van der Waals surface area contributed by atoms with Crippen molar-refractivity contribution in [1.82, 2.24) is 10.2 Å². The predicted molar refractivity (Wildman–Crippen MR) is 73.9 cm³/mol. The number of benzene rings is 2. The molecule has 0 aliphatic rings. The highest BCUT2D eigenvalue weighted by molar-refractivity contribution is 6.05. The molecule has 2 aromatic carbocycles. The van der Waals surface area contributed by atoms with E-state index in [1.54, 1.807) is 0 Å². The largest absolute Gasteiger partial charge is 0.400 e. The summed E-state index contributed by atoms with van der Waals surface area (Å²) in [5.41, 5.74) is 0.913. The van der Waals surface area contributed by atoms with Gasteiger partial charge in [-0.3, -0.25) is 4.79 Å². The molecule has 21 heavy (non-hydrogen) atoms. The number of aromatic nitrogens is 2. The number of nitrogens with zero attached hydrogens (tertiary/aromatic N) is 2. The van der Waals surface area contributed by atoms with Crippen molar-refractivity contribution in [2.45, 2.75) is 0 Å². The van der Waals surface area contributed by atoms with Crippen molar-refractivity contribution in [2.75, 3.05) is 5.32 Å². The van der Waals surface area contributed by atoms with Crippen LogP contribution in [0.3, 0.4) is 0 Å². The van der Waals surface area contributed by atoms with E-state index in [2.05, 4.69) is 15.5 Å². The van der Waals surface area contributed by atoms with Crippen LogP contribution in [0.15, 0.2) is 59.0 Å². The molecule has 0 amide bonds. The van der Waals surface area contributed by atoms with Gasteiger partial charge in [0.05, 0.1) is 0 Å². The summed E-state index contributed by atoms with van der Waals surface area (Å²) in [7, 11) is 0. The van der Waals surface area contributed by atoms with E-state index in [4.69, 9.17) is 4.42 Å². The van der Waals surface area contributed by atoms with Gasteiger partial charge in [0.25, 0.3) is 5.89 Å². The fourth-order valence-corrected chi connectivity index (χ4v) is 1.76. The Morgan fingerprint density at radius 3 is 2.62 bits per heavy atom. The van der Waals surface area contributed by atoms with Crippen LogP contribution >= 0.6 is 0 Å². The van der Waals surface area contributed by atoms with E-state index in [0.29, 0.717) is 0 Å². The summed E-state index contributed by atoms with van der Waals surface area (Å²) < 4.78 is 18.3. The molecule has 0 unspecified atom stereocenters. The smallest absolute Gasteiger partial charge is 0.320 e. The molecule has 0 aliphatic carbocycles. The summed E-state index contributed by atoms with van der Waals surface area (Å²) >= 11 is 0. The first-order chi connectivity index (χ1) is 10.2. The lowest BCUT2D eigenvalue weighted by atomic mass is 10.1. The molecular weight excluding hydrogens is 273 g/mol. The van der Waals surface area contributed by atoms with Crippen molar-refractivity contribution in [3.63, 3.8) is 0 Å². The minimum Gasteiger partial charge on any atom is -0.400 e. The van der Waals surface area contributed by atoms with Crippen LogP contribution in [-0.4, -0.2) is 16.0 Å². The molecule has 0 saturated heterocycles. The second-order valence-electron chi connectivity index (χ2n) is 4.24. The van der Waals surface area contributed by atoms with E-state index in [-0.39, 0.29) is 17.5 Å². The topological polar surface area (TPSA) is 68.0 Å². The van der Waals surface area contributed by atoms with Gasteiger partial charge in [-0.05, 0) is 24.3 Å². The van der Waals surface area contributed by atoms with Gasteiger partial charge in [0.1, 0.15) is 5.82 Å². The Kier molecular flexibility index (Phi) is 3.42. The highest BCUT2D eigenvalue weighted by atomic mass is 19.1. The number of para-hydroxylation sites is 1. The van der Waals surface area contributed by atoms with E-state index in [9.17, 15) is 9.18 Å². The molecule has 1 N–H and O–H groups in total. The summed E-state index contributed by atoms with van der Waals surface area (Å²) in [6.07, 6.45) is 0. The van der Waals surface area contributed by atoms with Crippen LogP contribution in [0.4, 0.5) is 16.1 Å². The van der Waals surface area contributed by atoms with E-state index >= 15 is 0 Å². The number of halogens is 1. The van der Waals surface area contributed by atoms with Crippen LogP contribution in [0.5, 0.6) is 0 Å². The molecule has 0 saturated carbocycles. The summed E-state index contributed by atoms with van der Waals surface area (Å²) in [6, 6.07) is 14.6. The van der Waals surface area contributed by atoms with E-state index in [0.717, 1.165) is 11.8 Å². The molecule has 3 aromatic rings. The molecule has 3 rings (SSSR count). The van der Waals surface area contributed by atoms with Crippen LogP contribution < -0.4 is 5.32 Å². The van der Waals surface area contributed by atoms with Crippen molar-refractivity contribution in [2.24, 2.45) is 0 Å². The first-order valence-corrected chi connectivity index (χ1v) is 6.18. The first kappa shape index (κ1) is 13.0. The second kappa shape index (κ2) is 5.54. The monoisotopic (exact) mass is 283 g/mol. The minimum atomic E-state index is -0.525. The molecule has 0 aliphatic heterocycles. The quantitative estimate of drug-likeness (QED) is 0.745. The number of hydrogen-bond donors (Lipinski definition) is 1. The molecule has 0 atom stereocenters. The van der Waals surface area contributed by atoms with E-state index < -0.39 is 11.6 Å². The minimum absolute atomic E-state index is 0.0981. The van der Waals surface area contributed by atoms with E-state index in [1.807, 2.05) is 30.3 Å². The Morgan fingerprint density at radius 2 is 1.86 bits per heavy atom. The van der Waals surface area contributed by atoms with Gasteiger partial charge in [-0.15, -0.1) is 5.10 Å². The number of ketones is 1. The number of carbonyl (C=O) groups is 1. The average molecular weight is 283 g/mol. The van der Waals surface area contributed by atoms with Crippen LogP contribution in [0.25, 0.3) is 0 Å². The van der Waals surface area contributed by atoms with Crippen LogP contribution in [0.1, 0.15) is 16.2 Å². The lowest BCUT2D eigenvalue weighted by molar-refractivity contribution is 0.100. The molecule has 104 valence electrons. The van der Waals surface area contributed by atoms with Gasteiger partial charge in [0, 0.05) is 11.3 Å². The summed E-state index contributed by atoms with van der Waals surface area (Å²) in [6.45, 7) is 0. The van der Waals surface area contributed by atoms with Gasteiger partial charge in [0.2, 0.25) is 5.78 Å². The third-order valence-corrected chi connectivity index (χ3v) is 2.73. The molecule has 0 fully saturated rings. The Hall–Kier alpha value is -3.02. The normalized spacial score (nSPS) is 10.3. The second-order valence-corrected chi connectivity index (χ2v) is 4.24. The Labute approximate surface area is 119 Å². The zero-order valence-corrected chi connectivity index (χ0v) is 10.8. The van der Waals surface area contributed by atoms with Crippen molar-refractivity contribution in [3.8, 4) is 0 Å². The maximum absolute atomic E-state index is 13.1. The highest BCUT2D eigenvalue weighted by Gasteiger charge is 2.17. The van der Waals surface area contributed by atoms with Gasteiger partial charge in [-0.1, -0.05) is 35.4 Å². The lowest BCUT2D eigenvalue weighted by Crippen LogP contribution is -2.02. The Balaban J connectivity index is 1.80. The molecule has 5 nitrogen and oxygen atoms in total. The van der Waals surface area contributed by atoms with Gasteiger partial charge >= 0.3 is 6.01 Å². The SMILES string of the molecule is O=C(c1cccc(F)c1)c1nnc(Nc2ccccc2)o1. The maximum atomic E-state index is 13.1. The van der Waals surface area contributed by atoms with Gasteiger partial charge in [-0.25, -0.2) is 4.39 Å². The molecule has 0 bridgehead atoms. The fraction of sp³-hybridized carbons (Fsp3) is 0. The average Bonchev–Trinajstić information content (AvgIpc) is 2.96. The fourth-order valence-electron chi connectivity index (χ4n) is 1.76. The Morgan fingerprint density at radius 1 is 1.05 bits per heavy atom. The van der Waals surface area contributed by atoms with E-state index in [1.165, 1.54) is 18.2 Å². The van der Waals surface area contributed by atoms with Crippen molar-refractivity contribution in [1.29, 1.82) is 0 Å². The summed E-state index contributed by atoms with van der Waals surface area (Å²) in [5.74, 6) is -1.22. The molecule has 1 heterocycles. The number of carbonyl (C=O) groups excluding carboxylic acids is 1. The Bertz CT molecular complexity index is 771.